The minimum atomic E-state index is -1.02. The number of nitrogens with two attached hydrogens (primary N) is 1. The number of aliphatic carboxylic acids is 1. The van der Waals surface area contributed by atoms with E-state index in [-0.39, 0.29) is 0 Å². The fraction of sp³-hybridized carbons (Fsp3) is 0.300. The molecule has 0 spiro atoms. The van der Waals surface area contributed by atoms with Gasteiger partial charge in [0.2, 0.25) is 0 Å². The van der Waals surface area contributed by atoms with Crippen molar-refractivity contribution < 1.29 is 9.90 Å². The Morgan fingerprint density at radius 3 is 2.40 bits per heavy atom. The molecule has 1 aromatic carbocycles. The molecule has 82 valence electrons. The lowest BCUT2D eigenvalue weighted by molar-refractivity contribution is -0.138. The normalized spacial score (nSPS) is 12.5. The van der Waals surface area contributed by atoms with Crippen LogP contribution in [-0.4, -0.2) is 17.1 Å². The number of halogens is 2. The fourth-order valence-electron chi connectivity index (χ4n) is 1.19. The lowest BCUT2D eigenvalue weighted by Gasteiger charge is -2.09. The van der Waals surface area contributed by atoms with Gasteiger partial charge in [-0.1, -0.05) is 29.3 Å². The number of carboxylic acids is 1. The van der Waals surface area contributed by atoms with Gasteiger partial charge in [0.05, 0.1) is 0 Å². The Balaban J connectivity index is 2.69. The summed E-state index contributed by atoms with van der Waals surface area (Å²) in [5.74, 6) is -1.02. The number of carboxylic acid groups (broad SMARTS) is 1. The molecule has 0 aliphatic heterocycles. The lowest BCUT2D eigenvalue weighted by atomic mass is 10.1. The third-order valence-corrected chi connectivity index (χ3v) is 2.79. The summed E-state index contributed by atoms with van der Waals surface area (Å²) in [5, 5.41) is 9.69. The largest absolute Gasteiger partial charge is 0.480 e. The van der Waals surface area contributed by atoms with Crippen LogP contribution in [0.2, 0.25) is 10.0 Å². The van der Waals surface area contributed by atoms with Crippen LogP contribution < -0.4 is 5.73 Å². The molecule has 1 atom stereocenters. The van der Waals surface area contributed by atoms with Crippen molar-refractivity contribution in [2.45, 2.75) is 18.9 Å². The van der Waals surface area contributed by atoms with Crippen molar-refractivity contribution in [1.82, 2.24) is 0 Å². The van der Waals surface area contributed by atoms with Crippen molar-refractivity contribution in [3.05, 3.63) is 33.8 Å². The maximum atomic E-state index is 10.5. The quantitative estimate of drug-likeness (QED) is 0.859. The molecule has 0 aliphatic carbocycles. The molecule has 0 saturated heterocycles. The molecule has 0 heterocycles. The number of benzene rings is 1. The molecule has 1 unspecified atom stereocenters. The van der Waals surface area contributed by atoms with Gasteiger partial charge in [-0.25, -0.2) is 0 Å². The van der Waals surface area contributed by atoms with Gasteiger partial charge in [0.15, 0.2) is 0 Å². The standard InChI is InChI=1S/C10H11Cl2NO2/c11-7-2-1-3-8(12)6(7)4-5-9(13)10(14)15/h1-3,9H,4-5,13H2,(H,14,15). The first-order valence-corrected chi connectivity index (χ1v) is 5.19. The summed E-state index contributed by atoms with van der Waals surface area (Å²) in [6.07, 6.45) is 0.782. The van der Waals surface area contributed by atoms with Gasteiger partial charge in [-0.2, -0.15) is 0 Å². The maximum Gasteiger partial charge on any atom is 0.320 e. The Morgan fingerprint density at radius 1 is 1.40 bits per heavy atom. The highest BCUT2D eigenvalue weighted by Gasteiger charge is 2.13. The van der Waals surface area contributed by atoms with Gasteiger partial charge in [-0.3, -0.25) is 4.79 Å². The zero-order valence-corrected chi connectivity index (χ0v) is 9.42. The molecule has 15 heavy (non-hydrogen) atoms. The maximum absolute atomic E-state index is 10.5. The van der Waals surface area contributed by atoms with Crippen LogP contribution in [0.25, 0.3) is 0 Å². The number of hydrogen-bond acceptors (Lipinski definition) is 2. The third kappa shape index (κ3) is 3.38. The molecule has 0 bridgehead atoms. The first-order chi connectivity index (χ1) is 7.02. The molecular formula is C10H11Cl2NO2. The van der Waals surface area contributed by atoms with Gasteiger partial charge < -0.3 is 10.8 Å². The van der Waals surface area contributed by atoms with Gasteiger partial charge in [-0.05, 0) is 30.5 Å². The third-order valence-electron chi connectivity index (χ3n) is 2.08. The molecular weight excluding hydrogens is 237 g/mol. The van der Waals surface area contributed by atoms with Gasteiger partial charge in [0.1, 0.15) is 6.04 Å². The number of rotatable bonds is 4. The van der Waals surface area contributed by atoms with Gasteiger partial charge >= 0.3 is 5.97 Å². The topological polar surface area (TPSA) is 63.3 Å². The molecule has 0 fully saturated rings. The lowest BCUT2D eigenvalue weighted by Crippen LogP contribution is -2.30. The minimum absolute atomic E-state index is 0.318. The summed E-state index contributed by atoms with van der Waals surface area (Å²) in [6.45, 7) is 0. The molecule has 3 nitrogen and oxygen atoms in total. The highest BCUT2D eigenvalue weighted by Crippen LogP contribution is 2.25. The van der Waals surface area contributed by atoms with E-state index in [1.54, 1.807) is 18.2 Å². The van der Waals surface area contributed by atoms with Crippen molar-refractivity contribution >= 4 is 29.2 Å². The molecule has 0 saturated carbocycles. The second-order valence-corrected chi connectivity index (χ2v) is 4.00. The number of carbonyl (C=O) groups is 1. The van der Waals surface area contributed by atoms with E-state index in [9.17, 15) is 4.79 Å². The molecule has 0 aliphatic rings. The van der Waals surface area contributed by atoms with E-state index >= 15 is 0 Å². The van der Waals surface area contributed by atoms with Crippen molar-refractivity contribution in [2.75, 3.05) is 0 Å². The molecule has 1 rings (SSSR count). The minimum Gasteiger partial charge on any atom is -0.480 e. The van der Waals surface area contributed by atoms with Crippen molar-refractivity contribution in [3.63, 3.8) is 0 Å². The van der Waals surface area contributed by atoms with Crippen LogP contribution >= 0.6 is 23.2 Å². The van der Waals surface area contributed by atoms with Crippen LogP contribution in [0, 0.1) is 0 Å². The van der Waals surface area contributed by atoms with Crippen molar-refractivity contribution in [1.29, 1.82) is 0 Å². The summed E-state index contributed by atoms with van der Waals surface area (Å²) in [4.78, 5) is 10.5. The summed E-state index contributed by atoms with van der Waals surface area (Å²) in [5.41, 5.74) is 6.13. The molecule has 5 heteroatoms. The Kier molecular flexibility index (Phi) is 4.39. The van der Waals surface area contributed by atoms with E-state index in [1.165, 1.54) is 0 Å². The van der Waals surface area contributed by atoms with Crippen LogP contribution in [0.15, 0.2) is 18.2 Å². The second-order valence-electron chi connectivity index (χ2n) is 3.18. The first kappa shape index (κ1) is 12.3. The molecule has 0 aromatic heterocycles. The smallest absolute Gasteiger partial charge is 0.320 e. The van der Waals surface area contributed by atoms with Gasteiger partial charge in [-0.15, -0.1) is 0 Å². The zero-order chi connectivity index (χ0) is 11.4. The van der Waals surface area contributed by atoms with E-state index in [1.807, 2.05) is 0 Å². The van der Waals surface area contributed by atoms with E-state index in [0.29, 0.717) is 22.9 Å². The summed E-state index contributed by atoms with van der Waals surface area (Å²) >= 11 is 11.8. The molecule has 3 N–H and O–H groups in total. The van der Waals surface area contributed by atoms with Crippen LogP contribution in [-0.2, 0) is 11.2 Å². The Morgan fingerprint density at radius 2 is 1.93 bits per heavy atom. The van der Waals surface area contributed by atoms with Crippen LogP contribution in [0.1, 0.15) is 12.0 Å². The Bertz CT molecular complexity index is 348. The highest BCUT2D eigenvalue weighted by atomic mass is 35.5. The zero-order valence-electron chi connectivity index (χ0n) is 7.91. The monoisotopic (exact) mass is 247 g/mol. The van der Waals surface area contributed by atoms with E-state index in [0.717, 1.165) is 5.56 Å². The van der Waals surface area contributed by atoms with Gasteiger partial charge in [0.25, 0.3) is 0 Å². The second kappa shape index (κ2) is 5.35. The predicted molar refractivity (Wildman–Crippen MR) is 60.4 cm³/mol. The fourth-order valence-corrected chi connectivity index (χ4v) is 1.78. The van der Waals surface area contributed by atoms with Crippen LogP contribution in [0.3, 0.4) is 0 Å². The Labute approximate surface area is 97.8 Å². The predicted octanol–water partition coefficient (Wildman–Crippen LogP) is 2.34. The SMILES string of the molecule is NC(CCc1c(Cl)cccc1Cl)C(=O)O. The van der Waals surface area contributed by atoms with Crippen molar-refractivity contribution in [2.24, 2.45) is 5.73 Å². The van der Waals surface area contributed by atoms with E-state index in [4.69, 9.17) is 34.0 Å². The average molecular weight is 248 g/mol. The highest BCUT2D eigenvalue weighted by molar-refractivity contribution is 6.35. The van der Waals surface area contributed by atoms with Crippen LogP contribution in [0.5, 0.6) is 0 Å². The Hall–Kier alpha value is -0.770. The molecule has 1 aromatic rings. The molecule has 0 amide bonds. The summed E-state index contributed by atoms with van der Waals surface area (Å²) < 4.78 is 0. The van der Waals surface area contributed by atoms with E-state index in [2.05, 4.69) is 0 Å². The van der Waals surface area contributed by atoms with Gasteiger partial charge in [0, 0.05) is 10.0 Å². The number of hydrogen-bond donors (Lipinski definition) is 2. The first-order valence-electron chi connectivity index (χ1n) is 4.43. The summed E-state index contributed by atoms with van der Waals surface area (Å²) in [7, 11) is 0. The summed E-state index contributed by atoms with van der Waals surface area (Å²) in [6, 6.07) is 4.30. The van der Waals surface area contributed by atoms with Crippen molar-refractivity contribution in [3.8, 4) is 0 Å². The van der Waals surface area contributed by atoms with E-state index < -0.39 is 12.0 Å². The molecule has 0 radical (unpaired) electrons. The average Bonchev–Trinajstić information content (AvgIpc) is 2.16. The van der Waals surface area contributed by atoms with Crippen LogP contribution in [0.4, 0.5) is 0 Å².